The number of hydrogen-bond donors (Lipinski definition) is 0. The van der Waals surface area contributed by atoms with Crippen molar-refractivity contribution in [1.82, 2.24) is 20.0 Å². The molecule has 0 aliphatic heterocycles. The maximum Gasteiger partial charge on any atom is 0.114 e. The minimum atomic E-state index is 0.848. The van der Waals surface area contributed by atoms with Gasteiger partial charge in [0.1, 0.15) is 11.0 Å². The highest BCUT2D eigenvalue weighted by molar-refractivity contribution is 6.21. The van der Waals surface area contributed by atoms with E-state index in [1.165, 1.54) is 54.9 Å². The molecule has 0 saturated heterocycles. The number of nitrogens with zero attached hydrogens (tertiary/aromatic N) is 4. The Balaban J connectivity index is 1.04. The van der Waals surface area contributed by atoms with Crippen molar-refractivity contribution in [3.05, 3.63) is 194 Å². The molecule has 0 amide bonds. The first-order valence-corrected chi connectivity index (χ1v) is 17.8. The third kappa shape index (κ3) is 5.54. The van der Waals surface area contributed by atoms with Crippen LogP contribution in [0.4, 0.5) is 0 Å². The summed E-state index contributed by atoms with van der Waals surface area (Å²) >= 11 is 0. The fourth-order valence-corrected chi connectivity index (χ4v) is 7.62. The topological polar surface area (TPSA) is 43.6 Å². The second-order valence-electron chi connectivity index (χ2n) is 13.4. The third-order valence-corrected chi connectivity index (χ3v) is 10.1. The second kappa shape index (κ2) is 12.9. The zero-order chi connectivity index (χ0) is 35.1. The van der Waals surface area contributed by atoms with Gasteiger partial charge in [0.05, 0.1) is 5.69 Å². The molecule has 0 radical (unpaired) electrons. The number of pyridine rings is 1. The lowest BCUT2D eigenvalue weighted by Gasteiger charge is -2.17. The fourth-order valence-electron chi connectivity index (χ4n) is 7.62. The molecule has 8 aromatic carbocycles. The summed E-state index contributed by atoms with van der Waals surface area (Å²) in [6.45, 7) is 0. The zero-order valence-corrected chi connectivity index (χ0v) is 28.8. The third-order valence-electron chi connectivity index (χ3n) is 10.1. The van der Waals surface area contributed by atoms with Crippen molar-refractivity contribution in [2.24, 2.45) is 0 Å². The highest BCUT2D eigenvalue weighted by atomic mass is 15.5. The minimum Gasteiger partial charge on any atom is -0.264 e. The first-order chi connectivity index (χ1) is 26.3. The van der Waals surface area contributed by atoms with Gasteiger partial charge in [-0.2, -0.15) is 4.80 Å². The molecule has 0 aliphatic rings. The maximum atomic E-state index is 4.98. The highest BCUT2D eigenvalue weighted by Gasteiger charge is 2.17. The molecule has 0 aliphatic carbocycles. The molecule has 0 bridgehead atoms. The predicted octanol–water partition coefficient (Wildman–Crippen LogP) is 12.5. The largest absolute Gasteiger partial charge is 0.264 e. The van der Waals surface area contributed by atoms with Gasteiger partial charge in [-0.3, -0.25) is 4.98 Å². The predicted molar refractivity (Wildman–Crippen MR) is 219 cm³/mol. The van der Waals surface area contributed by atoms with Gasteiger partial charge < -0.3 is 0 Å². The van der Waals surface area contributed by atoms with Crippen LogP contribution in [0.1, 0.15) is 0 Å². The van der Waals surface area contributed by atoms with Crippen LogP contribution in [0.25, 0.3) is 93.9 Å². The van der Waals surface area contributed by atoms with Crippen molar-refractivity contribution in [2.45, 2.75) is 0 Å². The normalized spacial score (nSPS) is 11.4. The smallest absolute Gasteiger partial charge is 0.114 e. The van der Waals surface area contributed by atoms with Gasteiger partial charge in [-0.25, -0.2) is 0 Å². The molecule has 0 saturated carbocycles. The molecule has 10 aromatic rings. The Morgan fingerprint density at radius 3 is 1.34 bits per heavy atom. The van der Waals surface area contributed by atoms with E-state index in [1.807, 2.05) is 18.5 Å². The molecule has 4 nitrogen and oxygen atoms in total. The van der Waals surface area contributed by atoms with Crippen LogP contribution in [0.5, 0.6) is 0 Å². The van der Waals surface area contributed by atoms with Gasteiger partial charge in [0.2, 0.25) is 0 Å². The molecule has 0 unspecified atom stereocenters. The van der Waals surface area contributed by atoms with Gasteiger partial charge in [0, 0.05) is 18.0 Å². The van der Waals surface area contributed by atoms with Gasteiger partial charge in [-0.1, -0.05) is 133 Å². The quantitative estimate of drug-likeness (QED) is 0.165. The highest BCUT2D eigenvalue weighted by Crippen LogP contribution is 2.43. The SMILES string of the molecule is c1ccc(-c2cc(-c3ccccc3)cc(-c3ccc4nn(-c5ccc(-c6c7ccccc7c(-c7cccnc7)c7ccccc67)cc5)nc4c3)c2)cc1. The fraction of sp³-hybridized carbons (Fsp3) is 0. The van der Waals surface area contributed by atoms with Crippen LogP contribution in [0.2, 0.25) is 0 Å². The van der Waals surface area contributed by atoms with Gasteiger partial charge in [-0.05, 0) is 120 Å². The Morgan fingerprint density at radius 1 is 0.321 bits per heavy atom. The van der Waals surface area contributed by atoms with Crippen molar-refractivity contribution in [3.8, 4) is 61.3 Å². The summed E-state index contributed by atoms with van der Waals surface area (Å²) < 4.78 is 0. The lowest BCUT2D eigenvalue weighted by molar-refractivity contribution is 0.766. The Labute approximate surface area is 307 Å². The van der Waals surface area contributed by atoms with Crippen LogP contribution in [0.3, 0.4) is 0 Å². The molecule has 2 heterocycles. The van der Waals surface area contributed by atoms with Crippen molar-refractivity contribution in [3.63, 3.8) is 0 Å². The number of benzene rings is 8. The molecule has 248 valence electrons. The van der Waals surface area contributed by atoms with Crippen LogP contribution in [0, 0.1) is 0 Å². The number of hydrogen-bond acceptors (Lipinski definition) is 3. The van der Waals surface area contributed by atoms with Crippen LogP contribution >= 0.6 is 0 Å². The van der Waals surface area contributed by atoms with E-state index >= 15 is 0 Å². The second-order valence-corrected chi connectivity index (χ2v) is 13.4. The number of rotatable bonds is 6. The van der Waals surface area contributed by atoms with E-state index in [2.05, 4.69) is 181 Å². The molecule has 0 spiro atoms. The lowest BCUT2D eigenvalue weighted by Crippen LogP contribution is -1.98. The molecule has 0 fully saturated rings. The van der Waals surface area contributed by atoms with E-state index in [1.54, 1.807) is 4.80 Å². The van der Waals surface area contributed by atoms with Gasteiger partial charge in [0.15, 0.2) is 0 Å². The Hall–Kier alpha value is -7.17. The Kier molecular flexibility index (Phi) is 7.43. The van der Waals surface area contributed by atoms with Crippen molar-refractivity contribution < 1.29 is 0 Å². The molecule has 0 N–H and O–H groups in total. The number of fused-ring (bicyclic) bond motifs is 3. The van der Waals surface area contributed by atoms with Crippen molar-refractivity contribution >= 4 is 32.6 Å². The van der Waals surface area contributed by atoms with E-state index in [-0.39, 0.29) is 0 Å². The van der Waals surface area contributed by atoms with Crippen LogP contribution in [-0.2, 0) is 0 Å². The molecular formula is C49H32N4. The van der Waals surface area contributed by atoms with E-state index in [9.17, 15) is 0 Å². The molecular weight excluding hydrogens is 645 g/mol. The van der Waals surface area contributed by atoms with Crippen molar-refractivity contribution in [2.75, 3.05) is 0 Å². The van der Waals surface area contributed by atoms with Gasteiger partial charge >= 0.3 is 0 Å². The maximum absolute atomic E-state index is 4.98. The monoisotopic (exact) mass is 676 g/mol. The van der Waals surface area contributed by atoms with Crippen molar-refractivity contribution in [1.29, 1.82) is 0 Å². The average Bonchev–Trinajstić information content (AvgIpc) is 3.67. The molecule has 53 heavy (non-hydrogen) atoms. The summed E-state index contributed by atoms with van der Waals surface area (Å²) in [5.41, 5.74) is 14.3. The van der Waals surface area contributed by atoms with E-state index < -0.39 is 0 Å². The van der Waals surface area contributed by atoms with E-state index in [4.69, 9.17) is 10.2 Å². The summed E-state index contributed by atoms with van der Waals surface area (Å²) in [6, 6.07) is 64.4. The lowest BCUT2D eigenvalue weighted by atomic mass is 9.86. The molecule has 4 heteroatoms. The molecule has 10 rings (SSSR count). The zero-order valence-electron chi connectivity index (χ0n) is 28.8. The van der Waals surface area contributed by atoms with Crippen LogP contribution in [0.15, 0.2) is 194 Å². The standard InChI is InChI=1S/C49H32N4/c1-3-12-33(13-4-1)38-28-39(34-14-5-2-6-15-34)30-40(29-38)36-23-26-46-47(31-36)52-53(51-46)41-24-21-35(22-25-41)48-42-17-7-9-19-44(42)49(37-16-11-27-50-32-37)45-20-10-8-18-43(45)48/h1-32H. The minimum absolute atomic E-state index is 0.848. The van der Waals surface area contributed by atoms with Gasteiger partial charge in [0.25, 0.3) is 0 Å². The summed E-state index contributed by atoms with van der Waals surface area (Å²) in [6.07, 6.45) is 3.78. The van der Waals surface area contributed by atoms with E-state index in [0.29, 0.717) is 0 Å². The van der Waals surface area contributed by atoms with Crippen LogP contribution < -0.4 is 0 Å². The average molecular weight is 677 g/mol. The summed E-state index contributed by atoms with van der Waals surface area (Å²) in [5.74, 6) is 0. The van der Waals surface area contributed by atoms with E-state index in [0.717, 1.165) is 39.0 Å². The first kappa shape index (κ1) is 30.6. The molecule has 2 aromatic heterocycles. The Morgan fingerprint density at radius 2 is 0.792 bits per heavy atom. The van der Waals surface area contributed by atoms with Crippen LogP contribution in [-0.4, -0.2) is 20.0 Å². The first-order valence-electron chi connectivity index (χ1n) is 17.8. The summed E-state index contributed by atoms with van der Waals surface area (Å²) in [4.78, 5) is 6.19. The summed E-state index contributed by atoms with van der Waals surface area (Å²) in [5, 5.41) is 14.7. The molecule has 0 atom stereocenters. The van der Waals surface area contributed by atoms with Gasteiger partial charge in [-0.15, -0.1) is 10.2 Å². The number of aromatic nitrogens is 4. The Bertz CT molecular complexity index is 2800. The summed E-state index contributed by atoms with van der Waals surface area (Å²) in [7, 11) is 0.